The molecule has 94 valence electrons. The molecule has 18 heavy (non-hydrogen) atoms. The van der Waals surface area contributed by atoms with Gasteiger partial charge in [0.1, 0.15) is 5.75 Å². The van der Waals surface area contributed by atoms with Gasteiger partial charge in [0.05, 0.1) is 10.0 Å². The molecule has 3 heteroatoms. The van der Waals surface area contributed by atoms with Crippen molar-refractivity contribution in [2.45, 2.75) is 19.8 Å². The molecule has 0 aromatic heterocycles. The van der Waals surface area contributed by atoms with Crippen molar-refractivity contribution < 1.29 is 5.11 Å². The maximum absolute atomic E-state index is 9.47. The summed E-state index contributed by atoms with van der Waals surface area (Å²) in [6.07, 6.45) is 2.20. The summed E-state index contributed by atoms with van der Waals surface area (Å²) in [5, 5.41) is 10.3. The fraction of sp³-hybridized carbons (Fsp3) is 0.200. The van der Waals surface area contributed by atoms with E-state index >= 15 is 0 Å². The Hall–Kier alpha value is -1.18. The van der Waals surface area contributed by atoms with Crippen LogP contribution in [-0.4, -0.2) is 5.11 Å². The SMILES string of the molecule is CCCc1ccc(-c2cc(Cl)c(O)cc2Cl)cc1. The summed E-state index contributed by atoms with van der Waals surface area (Å²) in [6, 6.07) is 11.4. The molecule has 0 aliphatic rings. The third kappa shape index (κ3) is 2.80. The zero-order valence-corrected chi connectivity index (χ0v) is 11.6. The maximum atomic E-state index is 9.47. The van der Waals surface area contributed by atoms with Gasteiger partial charge in [0.25, 0.3) is 0 Å². The number of aryl methyl sites for hydroxylation is 1. The minimum atomic E-state index is 0.00743. The summed E-state index contributed by atoms with van der Waals surface area (Å²) >= 11 is 12.0. The van der Waals surface area contributed by atoms with Crippen molar-refractivity contribution in [3.63, 3.8) is 0 Å². The van der Waals surface area contributed by atoms with Crippen LogP contribution in [0.25, 0.3) is 11.1 Å². The number of phenolic OH excluding ortho intramolecular Hbond substituents is 1. The molecule has 0 amide bonds. The van der Waals surface area contributed by atoms with Gasteiger partial charge in [0, 0.05) is 11.6 Å². The van der Waals surface area contributed by atoms with Crippen LogP contribution < -0.4 is 0 Å². The molecule has 0 aliphatic carbocycles. The Morgan fingerprint density at radius 2 is 1.67 bits per heavy atom. The van der Waals surface area contributed by atoms with Crippen molar-refractivity contribution >= 4 is 23.2 Å². The van der Waals surface area contributed by atoms with Crippen LogP contribution in [0.15, 0.2) is 36.4 Å². The second-order valence-electron chi connectivity index (χ2n) is 4.23. The fourth-order valence-corrected chi connectivity index (χ4v) is 2.33. The van der Waals surface area contributed by atoms with Crippen LogP contribution >= 0.6 is 23.2 Å². The average Bonchev–Trinajstić information content (AvgIpc) is 2.35. The summed E-state index contributed by atoms with van der Waals surface area (Å²) in [5.41, 5.74) is 3.14. The third-order valence-electron chi connectivity index (χ3n) is 2.84. The Morgan fingerprint density at radius 1 is 1.00 bits per heavy atom. The first-order valence-electron chi connectivity index (χ1n) is 5.89. The molecule has 1 nitrogen and oxygen atoms in total. The monoisotopic (exact) mass is 280 g/mol. The van der Waals surface area contributed by atoms with E-state index in [4.69, 9.17) is 23.2 Å². The number of hydrogen-bond acceptors (Lipinski definition) is 1. The summed E-state index contributed by atoms with van der Waals surface area (Å²) < 4.78 is 0. The minimum absolute atomic E-state index is 0.00743. The molecule has 0 unspecified atom stereocenters. The molecule has 2 aromatic rings. The Kier molecular flexibility index (Phi) is 4.15. The number of hydrogen-bond donors (Lipinski definition) is 1. The van der Waals surface area contributed by atoms with E-state index in [1.807, 2.05) is 12.1 Å². The molecule has 2 aromatic carbocycles. The number of aromatic hydroxyl groups is 1. The lowest BCUT2D eigenvalue weighted by Gasteiger charge is -2.08. The fourth-order valence-electron chi connectivity index (χ4n) is 1.90. The first-order chi connectivity index (χ1) is 8.61. The molecule has 0 radical (unpaired) electrons. The van der Waals surface area contributed by atoms with Crippen molar-refractivity contribution in [3.8, 4) is 16.9 Å². The van der Waals surface area contributed by atoms with E-state index in [9.17, 15) is 5.11 Å². The van der Waals surface area contributed by atoms with Crippen LogP contribution in [0, 0.1) is 0 Å². The number of benzene rings is 2. The average molecular weight is 281 g/mol. The Bertz CT molecular complexity index is 547. The lowest BCUT2D eigenvalue weighted by atomic mass is 10.0. The highest BCUT2D eigenvalue weighted by molar-refractivity contribution is 6.36. The second kappa shape index (κ2) is 5.64. The summed E-state index contributed by atoms with van der Waals surface area (Å²) in [5.74, 6) is 0.00743. The van der Waals surface area contributed by atoms with Gasteiger partial charge in [-0.3, -0.25) is 0 Å². The summed E-state index contributed by atoms with van der Waals surface area (Å²) in [4.78, 5) is 0. The highest BCUT2D eigenvalue weighted by Crippen LogP contribution is 2.36. The van der Waals surface area contributed by atoms with Crippen LogP contribution in [0.1, 0.15) is 18.9 Å². The molecule has 0 atom stereocenters. The lowest BCUT2D eigenvalue weighted by molar-refractivity contribution is 0.475. The number of halogens is 2. The Labute approximate surface area is 117 Å². The third-order valence-corrected chi connectivity index (χ3v) is 3.46. The molecular formula is C15H14Cl2O. The summed E-state index contributed by atoms with van der Waals surface area (Å²) in [6.45, 7) is 2.16. The van der Waals surface area contributed by atoms with Crippen molar-refractivity contribution in [2.24, 2.45) is 0 Å². The number of phenols is 1. The predicted molar refractivity (Wildman–Crippen MR) is 77.6 cm³/mol. The van der Waals surface area contributed by atoms with E-state index in [2.05, 4.69) is 19.1 Å². The normalized spacial score (nSPS) is 10.6. The van der Waals surface area contributed by atoms with Gasteiger partial charge in [-0.15, -0.1) is 0 Å². The van der Waals surface area contributed by atoms with E-state index in [0.717, 1.165) is 24.0 Å². The summed E-state index contributed by atoms with van der Waals surface area (Å²) in [7, 11) is 0. The lowest BCUT2D eigenvalue weighted by Crippen LogP contribution is -1.85. The molecule has 0 fully saturated rings. The zero-order valence-electron chi connectivity index (χ0n) is 10.1. The molecule has 0 spiro atoms. The van der Waals surface area contributed by atoms with Gasteiger partial charge in [-0.25, -0.2) is 0 Å². The van der Waals surface area contributed by atoms with E-state index in [0.29, 0.717) is 10.0 Å². The zero-order chi connectivity index (χ0) is 13.1. The predicted octanol–water partition coefficient (Wildman–Crippen LogP) is 5.32. The highest BCUT2D eigenvalue weighted by Gasteiger charge is 2.08. The number of rotatable bonds is 3. The highest BCUT2D eigenvalue weighted by atomic mass is 35.5. The van der Waals surface area contributed by atoms with E-state index in [1.54, 1.807) is 6.07 Å². The van der Waals surface area contributed by atoms with Gasteiger partial charge in [0.15, 0.2) is 0 Å². The molecule has 0 saturated carbocycles. The molecule has 2 rings (SSSR count). The first kappa shape index (κ1) is 13.3. The molecule has 0 heterocycles. The standard InChI is InChI=1S/C15H14Cl2O/c1-2-3-10-4-6-11(7-5-10)12-8-14(17)15(18)9-13(12)16/h4-9,18H,2-3H2,1H3. The van der Waals surface area contributed by atoms with Crippen LogP contribution in [0.3, 0.4) is 0 Å². The Morgan fingerprint density at radius 3 is 2.28 bits per heavy atom. The molecule has 0 bridgehead atoms. The smallest absolute Gasteiger partial charge is 0.135 e. The topological polar surface area (TPSA) is 20.2 Å². The maximum Gasteiger partial charge on any atom is 0.135 e. The van der Waals surface area contributed by atoms with Crippen LogP contribution in [0.4, 0.5) is 0 Å². The van der Waals surface area contributed by atoms with Crippen LogP contribution in [-0.2, 0) is 6.42 Å². The van der Waals surface area contributed by atoms with E-state index in [-0.39, 0.29) is 5.75 Å². The molecule has 0 aliphatic heterocycles. The van der Waals surface area contributed by atoms with Crippen molar-refractivity contribution in [1.82, 2.24) is 0 Å². The Balaban J connectivity index is 2.39. The van der Waals surface area contributed by atoms with Crippen molar-refractivity contribution in [1.29, 1.82) is 0 Å². The molecule has 1 N–H and O–H groups in total. The minimum Gasteiger partial charge on any atom is -0.506 e. The van der Waals surface area contributed by atoms with Gasteiger partial charge in [-0.05, 0) is 23.6 Å². The van der Waals surface area contributed by atoms with Gasteiger partial charge >= 0.3 is 0 Å². The molecule has 0 saturated heterocycles. The molecular weight excluding hydrogens is 267 g/mol. The van der Waals surface area contributed by atoms with Gasteiger partial charge in [0.2, 0.25) is 0 Å². The van der Waals surface area contributed by atoms with Crippen molar-refractivity contribution in [3.05, 3.63) is 52.0 Å². The van der Waals surface area contributed by atoms with E-state index in [1.165, 1.54) is 11.6 Å². The second-order valence-corrected chi connectivity index (χ2v) is 5.04. The van der Waals surface area contributed by atoms with Gasteiger partial charge in [-0.1, -0.05) is 60.8 Å². The van der Waals surface area contributed by atoms with Gasteiger partial charge in [-0.2, -0.15) is 0 Å². The first-order valence-corrected chi connectivity index (χ1v) is 6.64. The van der Waals surface area contributed by atoms with Gasteiger partial charge < -0.3 is 5.11 Å². The quantitative estimate of drug-likeness (QED) is 0.807. The van der Waals surface area contributed by atoms with Crippen molar-refractivity contribution in [2.75, 3.05) is 0 Å². The largest absolute Gasteiger partial charge is 0.506 e. The van der Waals surface area contributed by atoms with Crippen LogP contribution in [0.2, 0.25) is 10.0 Å². The van der Waals surface area contributed by atoms with E-state index < -0.39 is 0 Å². The van der Waals surface area contributed by atoms with Crippen LogP contribution in [0.5, 0.6) is 5.75 Å².